The van der Waals surface area contributed by atoms with Gasteiger partial charge in [0, 0.05) is 35.3 Å². The zero-order chi connectivity index (χ0) is 13.9. The van der Waals surface area contributed by atoms with Gasteiger partial charge < -0.3 is 14.4 Å². The molecule has 3 aliphatic rings. The number of ether oxygens (including phenoxy) is 1. The number of para-hydroxylation sites is 1. The van der Waals surface area contributed by atoms with Crippen molar-refractivity contribution in [3.63, 3.8) is 0 Å². The molecule has 100 valence electrons. The summed E-state index contributed by atoms with van der Waals surface area (Å²) in [5.74, 6) is 0.308. The van der Waals surface area contributed by atoms with E-state index >= 15 is 0 Å². The molecule has 0 aromatic heterocycles. The lowest BCUT2D eigenvalue weighted by atomic mass is 9.96. The summed E-state index contributed by atoms with van der Waals surface area (Å²) in [6, 6.07) is 7.29. The van der Waals surface area contributed by atoms with E-state index in [1.165, 1.54) is 18.7 Å². The van der Waals surface area contributed by atoms with E-state index in [0.717, 1.165) is 23.9 Å². The fourth-order valence-corrected chi connectivity index (χ4v) is 3.21. The summed E-state index contributed by atoms with van der Waals surface area (Å²) in [5.41, 5.74) is 3.47. The predicted molar refractivity (Wildman–Crippen MR) is 76.8 cm³/mol. The summed E-state index contributed by atoms with van der Waals surface area (Å²) in [4.78, 5) is 12.0. The molecule has 0 radical (unpaired) electrons. The lowest BCUT2D eigenvalue weighted by molar-refractivity contribution is 0.410. The molecule has 0 atom stereocenters. The number of pyridine rings is 1. The first-order valence-corrected chi connectivity index (χ1v) is 6.55. The highest BCUT2D eigenvalue weighted by molar-refractivity contribution is 6.02. The van der Waals surface area contributed by atoms with Crippen LogP contribution in [0.25, 0.3) is 22.0 Å². The van der Waals surface area contributed by atoms with Gasteiger partial charge in [-0.2, -0.15) is 0 Å². The van der Waals surface area contributed by atoms with Gasteiger partial charge in [0.05, 0.1) is 12.6 Å². The maximum Gasteiger partial charge on any atom is 0.224 e. The second-order valence-electron chi connectivity index (χ2n) is 5.10. The number of rotatable bonds is 1. The Bertz CT molecular complexity index is 879. The molecule has 0 bridgehead atoms. The number of fused-ring (bicyclic) bond motifs is 2. The molecular formula is C16H13NO3. The van der Waals surface area contributed by atoms with Crippen LogP contribution in [0.5, 0.6) is 11.5 Å². The van der Waals surface area contributed by atoms with Crippen molar-refractivity contribution in [1.82, 2.24) is 4.57 Å². The predicted octanol–water partition coefficient (Wildman–Crippen LogP) is 2.38. The lowest BCUT2D eigenvalue weighted by Crippen LogP contribution is -2.08. The van der Waals surface area contributed by atoms with Gasteiger partial charge in [0.15, 0.2) is 5.75 Å². The number of hydrogen-bond acceptors (Lipinski definition) is 3. The number of aryl methyl sites for hydroxylation is 2. The molecule has 0 amide bonds. The monoisotopic (exact) mass is 267 g/mol. The minimum absolute atomic E-state index is 0.00810. The summed E-state index contributed by atoms with van der Waals surface area (Å²) >= 11 is 0. The largest absolute Gasteiger partial charge is 0.507 e. The molecule has 0 saturated heterocycles. The maximum absolute atomic E-state index is 12.0. The van der Waals surface area contributed by atoms with Gasteiger partial charge in [-0.3, -0.25) is 4.79 Å². The van der Waals surface area contributed by atoms with Gasteiger partial charge in [-0.05, 0) is 12.0 Å². The lowest BCUT2D eigenvalue weighted by Gasteiger charge is -2.17. The van der Waals surface area contributed by atoms with E-state index in [0.29, 0.717) is 16.9 Å². The van der Waals surface area contributed by atoms with Crippen molar-refractivity contribution in [1.29, 1.82) is 0 Å². The molecule has 4 nitrogen and oxygen atoms in total. The standard InChI is InChI=1S/C16H13NO3/c1-20-16-13(19)7-12(18)11-8-17-6-5-9-3-2-4-10(14(11)16)15(9)17/h2-4,7-8,18H,5-6H2,1H3. The number of phenols is 1. The van der Waals surface area contributed by atoms with Crippen molar-refractivity contribution in [2.24, 2.45) is 0 Å². The summed E-state index contributed by atoms with van der Waals surface area (Å²) in [6.07, 6.45) is 2.88. The van der Waals surface area contributed by atoms with E-state index in [4.69, 9.17) is 4.74 Å². The van der Waals surface area contributed by atoms with Crippen LogP contribution in [-0.4, -0.2) is 16.8 Å². The van der Waals surface area contributed by atoms with Crippen LogP contribution in [-0.2, 0) is 13.0 Å². The van der Waals surface area contributed by atoms with Gasteiger partial charge in [0.25, 0.3) is 0 Å². The van der Waals surface area contributed by atoms with E-state index in [2.05, 4.69) is 10.6 Å². The van der Waals surface area contributed by atoms with Gasteiger partial charge in [-0.25, -0.2) is 0 Å². The van der Waals surface area contributed by atoms with Crippen LogP contribution in [0, 0.1) is 0 Å². The van der Waals surface area contributed by atoms with Crippen molar-refractivity contribution in [2.75, 3.05) is 7.11 Å². The third-order valence-corrected chi connectivity index (χ3v) is 4.05. The van der Waals surface area contributed by atoms with Crippen molar-refractivity contribution in [3.05, 3.63) is 46.2 Å². The zero-order valence-electron chi connectivity index (χ0n) is 11.0. The van der Waals surface area contributed by atoms with E-state index in [9.17, 15) is 9.90 Å². The Hall–Kier alpha value is -2.49. The highest BCUT2D eigenvalue weighted by atomic mass is 16.5. The molecule has 2 heterocycles. The minimum atomic E-state index is -0.291. The third kappa shape index (κ3) is 1.28. The Balaban J connectivity index is 2.33. The summed E-state index contributed by atoms with van der Waals surface area (Å²) in [7, 11) is 1.49. The average molecular weight is 267 g/mol. The number of phenolic OH excluding ortho intramolecular Hbond substituents is 1. The fraction of sp³-hybridized carbons (Fsp3) is 0.188. The molecule has 0 unspecified atom stereocenters. The maximum atomic E-state index is 12.0. The second-order valence-corrected chi connectivity index (χ2v) is 5.10. The van der Waals surface area contributed by atoms with Gasteiger partial charge >= 0.3 is 0 Å². The molecule has 4 heteroatoms. The van der Waals surface area contributed by atoms with Crippen molar-refractivity contribution in [3.8, 4) is 22.6 Å². The van der Waals surface area contributed by atoms with Crippen LogP contribution < -0.4 is 10.2 Å². The van der Waals surface area contributed by atoms with Crippen LogP contribution in [0.3, 0.4) is 0 Å². The smallest absolute Gasteiger partial charge is 0.224 e. The average Bonchev–Trinajstić information content (AvgIpc) is 2.85. The molecule has 1 aromatic rings. The highest BCUT2D eigenvalue weighted by Crippen LogP contribution is 2.43. The van der Waals surface area contributed by atoms with Crippen LogP contribution in [0.15, 0.2) is 35.3 Å². The molecule has 1 N–H and O–H groups in total. The van der Waals surface area contributed by atoms with Gasteiger partial charge in [0.1, 0.15) is 5.75 Å². The number of methoxy groups -OCH3 is 1. The Morgan fingerprint density at radius 1 is 1.35 bits per heavy atom. The SMILES string of the molecule is COc1c2c3cccc4c3n(cc-2c(O)cc1=O)CC4. The summed E-state index contributed by atoms with van der Waals surface area (Å²) in [5, 5.41) is 11.1. The summed E-state index contributed by atoms with van der Waals surface area (Å²) < 4.78 is 7.42. The first-order valence-electron chi connectivity index (χ1n) is 6.55. The third-order valence-electron chi connectivity index (χ3n) is 4.05. The number of benzene rings is 2. The molecule has 0 saturated carbocycles. The first-order chi connectivity index (χ1) is 9.70. The number of nitrogens with zero attached hydrogens (tertiary/aromatic N) is 1. The number of aromatic hydroxyl groups is 1. The van der Waals surface area contributed by atoms with E-state index in [1.807, 2.05) is 18.3 Å². The molecule has 4 rings (SSSR count). The molecule has 2 aliphatic heterocycles. The van der Waals surface area contributed by atoms with E-state index < -0.39 is 0 Å². The first kappa shape index (κ1) is 11.3. The number of aromatic nitrogens is 1. The van der Waals surface area contributed by atoms with E-state index in [-0.39, 0.29) is 11.2 Å². The van der Waals surface area contributed by atoms with Crippen molar-refractivity contribution < 1.29 is 9.84 Å². The molecular weight excluding hydrogens is 254 g/mol. The van der Waals surface area contributed by atoms with Gasteiger partial charge in [0.2, 0.25) is 5.43 Å². The summed E-state index contributed by atoms with van der Waals surface area (Å²) in [6.45, 7) is 0.896. The Morgan fingerprint density at radius 3 is 3.00 bits per heavy atom. The molecule has 0 fully saturated rings. The zero-order valence-corrected chi connectivity index (χ0v) is 11.0. The number of hydrogen-bond donors (Lipinski definition) is 1. The quantitative estimate of drug-likeness (QED) is 0.689. The van der Waals surface area contributed by atoms with Crippen LogP contribution >= 0.6 is 0 Å². The van der Waals surface area contributed by atoms with Crippen LogP contribution in [0.2, 0.25) is 0 Å². The van der Waals surface area contributed by atoms with Gasteiger partial charge in [-0.1, -0.05) is 18.2 Å². The molecule has 1 aliphatic carbocycles. The van der Waals surface area contributed by atoms with E-state index in [1.54, 1.807) is 0 Å². The second kappa shape index (κ2) is 3.76. The Morgan fingerprint density at radius 2 is 2.20 bits per heavy atom. The molecule has 1 aromatic carbocycles. The van der Waals surface area contributed by atoms with Crippen molar-refractivity contribution in [2.45, 2.75) is 13.0 Å². The highest BCUT2D eigenvalue weighted by Gasteiger charge is 2.24. The van der Waals surface area contributed by atoms with Crippen LogP contribution in [0.4, 0.5) is 0 Å². The normalized spacial score (nSPS) is 13.2. The molecule has 20 heavy (non-hydrogen) atoms. The Labute approximate surface area is 115 Å². The Kier molecular flexibility index (Phi) is 2.13. The topological polar surface area (TPSA) is 51.5 Å². The molecule has 0 spiro atoms. The minimum Gasteiger partial charge on any atom is -0.507 e. The van der Waals surface area contributed by atoms with Crippen molar-refractivity contribution >= 4 is 10.9 Å². The van der Waals surface area contributed by atoms with Crippen LogP contribution in [0.1, 0.15) is 5.56 Å². The fourth-order valence-electron chi connectivity index (χ4n) is 3.21. The van der Waals surface area contributed by atoms with Gasteiger partial charge in [-0.15, -0.1) is 0 Å².